The van der Waals surface area contributed by atoms with Gasteiger partial charge in [0.2, 0.25) is 0 Å². The number of rotatable bonds is 6. The van der Waals surface area contributed by atoms with Gasteiger partial charge >= 0.3 is 0 Å². The predicted octanol–water partition coefficient (Wildman–Crippen LogP) is 4.07. The van der Waals surface area contributed by atoms with E-state index >= 15 is 0 Å². The third kappa shape index (κ3) is 4.33. The van der Waals surface area contributed by atoms with Crippen LogP contribution in [-0.4, -0.2) is 25.8 Å². The van der Waals surface area contributed by atoms with E-state index in [0.29, 0.717) is 17.1 Å². The molecule has 5 nitrogen and oxygen atoms in total. The maximum atomic E-state index is 12.2. The molecule has 0 unspecified atom stereocenters. The van der Waals surface area contributed by atoms with Crippen molar-refractivity contribution in [3.05, 3.63) is 44.6 Å². The lowest BCUT2D eigenvalue weighted by Crippen LogP contribution is -2.19. The van der Waals surface area contributed by atoms with Crippen LogP contribution in [0.1, 0.15) is 28.6 Å². The van der Waals surface area contributed by atoms with Gasteiger partial charge in [0, 0.05) is 5.56 Å². The number of benzene rings is 1. The van der Waals surface area contributed by atoms with Crippen LogP contribution in [0, 0.1) is 0 Å². The quantitative estimate of drug-likeness (QED) is 0.591. The minimum Gasteiger partial charge on any atom is -0.493 e. The Labute approximate surface area is 147 Å². The van der Waals surface area contributed by atoms with E-state index in [4.69, 9.17) is 9.47 Å². The van der Waals surface area contributed by atoms with E-state index in [9.17, 15) is 4.79 Å². The van der Waals surface area contributed by atoms with Gasteiger partial charge in [0.25, 0.3) is 5.91 Å². The van der Waals surface area contributed by atoms with Crippen molar-refractivity contribution >= 4 is 38.9 Å². The highest BCUT2D eigenvalue weighted by Gasteiger charge is 2.11. The summed E-state index contributed by atoms with van der Waals surface area (Å²) in [6.45, 7) is 2.00. The number of amides is 1. The molecule has 1 heterocycles. The number of halogens is 1. The summed E-state index contributed by atoms with van der Waals surface area (Å²) in [5.41, 5.74) is 3.87. The number of ether oxygens (including phenoxy) is 2. The summed E-state index contributed by atoms with van der Waals surface area (Å²) >= 11 is 5.00. The summed E-state index contributed by atoms with van der Waals surface area (Å²) in [6, 6.07) is 8.91. The molecular formula is C16H17BrN2O3S. The first-order valence-corrected chi connectivity index (χ1v) is 8.54. The average Bonchev–Trinajstić information content (AvgIpc) is 3.00. The van der Waals surface area contributed by atoms with Gasteiger partial charge in [-0.25, -0.2) is 5.43 Å². The van der Waals surface area contributed by atoms with Crippen molar-refractivity contribution in [3.63, 3.8) is 0 Å². The number of nitrogens with zero attached hydrogens (tertiary/aromatic N) is 1. The molecule has 0 spiro atoms. The van der Waals surface area contributed by atoms with Crippen LogP contribution in [-0.2, 0) is 0 Å². The van der Waals surface area contributed by atoms with Gasteiger partial charge in [-0.3, -0.25) is 4.79 Å². The van der Waals surface area contributed by atoms with Gasteiger partial charge in [0.1, 0.15) is 0 Å². The maximum Gasteiger partial charge on any atom is 0.271 e. The lowest BCUT2D eigenvalue weighted by molar-refractivity contribution is 0.0954. The second-order valence-corrected chi connectivity index (χ2v) is 6.99. The number of hydrazone groups is 1. The lowest BCUT2D eigenvalue weighted by Gasteiger charge is -2.09. The van der Waals surface area contributed by atoms with Gasteiger partial charge in [0.05, 0.1) is 28.6 Å². The molecule has 23 heavy (non-hydrogen) atoms. The highest BCUT2D eigenvalue weighted by Crippen LogP contribution is 2.27. The molecule has 1 N–H and O–H groups in total. The predicted molar refractivity (Wildman–Crippen MR) is 95.9 cm³/mol. The number of methoxy groups -OCH3 is 2. The molecule has 2 aromatic rings. The molecule has 122 valence electrons. The number of carbonyl (C=O) groups is 1. The number of hydrogen-bond donors (Lipinski definition) is 1. The standard InChI is InChI=1S/C16H17BrN2O3S/c1-4-11(14-7-8-15(17)23-14)18-19-16(20)10-5-6-12(21-2)13(9-10)22-3/h5-9H,4H2,1-3H3,(H,19,20)/b18-11+. The fourth-order valence-corrected chi connectivity index (χ4v) is 3.38. The van der Waals surface area contributed by atoms with E-state index in [0.717, 1.165) is 20.8 Å². The summed E-state index contributed by atoms with van der Waals surface area (Å²) in [4.78, 5) is 13.3. The Morgan fingerprint density at radius 3 is 2.52 bits per heavy atom. The first-order valence-electron chi connectivity index (χ1n) is 6.93. The molecule has 1 aromatic heterocycles. The van der Waals surface area contributed by atoms with Crippen molar-refractivity contribution in [3.8, 4) is 11.5 Å². The third-order valence-corrected chi connectivity index (χ3v) is 4.80. The Morgan fingerprint density at radius 1 is 1.22 bits per heavy atom. The number of thiophene rings is 1. The van der Waals surface area contributed by atoms with Crippen molar-refractivity contribution in [2.45, 2.75) is 13.3 Å². The molecule has 0 aliphatic rings. The maximum absolute atomic E-state index is 12.2. The molecular weight excluding hydrogens is 380 g/mol. The van der Waals surface area contributed by atoms with Crippen LogP contribution in [0.3, 0.4) is 0 Å². The number of hydrogen-bond acceptors (Lipinski definition) is 5. The van der Waals surface area contributed by atoms with Crippen molar-refractivity contribution in [1.29, 1.82) is 0 Å². The molecule has 2 rings (SSSR count). The van der Waals surface area contributed by atoms with Crippen molar-refractivity contribution in [2.75, 3.05) is 14.2 Å². The molecule has 1 amide bonds. The van der Waals surface area contributed by atoms with Gasteiger partial charge in [-0.15, -0.1) is 11.3 Å². The summed E-state index contributed by atoms with van der Waals surface area (Å²) < 4.78 is 11.4. The smallest absolute Gasteiger partial charge is 0.271 e. The first kappa shape index (κ1) is 17.5. The van der Waals surface area contributed by atoms with Crippen LogP contribution in [0.25, 0.3) is 0 Å². The van der Waals surface area contributed by atoms with Crippen molar-refractivity contribution in [2.24, 2.45) is 5.10 Å². The Balaban J connectivity index is 2.16. The zero-order chi connectivity index (χ0) is 16.8. The molecule has 1 aromatic carbocycles. The molecule has 0 aliphatic carbocycles. The topological polar surface area (TPSA) is 59.9 Å². The van der Waals surface area contributed by atoms with Gasteiger partial charge < -0.3 is 9.47 Å². The normalized spacial score (nSPS) is 11.2. The minimum absolute atomic E-state index is 0.299. The molecule has 0 saturated heterocycles. The number of carbonyl (C=O) groups excluding carboxylic acids is 1. The van der Waals surface area contributed by atoms with Crippen molar-refractivity contribution in [1.82, 2.24) is 5.43 Å². The van der Waals surface area contributed by atoms with Gasteiger partial charge in [-0.05, 0) is 52.7 Å². The van der Waals surface area contributed by atoms with Crippen LogP contribution in [0.2, 0.25) is 0 Å². The Hall–Kier alpha value is -1.86. The fraction of sp³-hybridized carbons (Fsp3) is 0.250. The molecule has 0 aliphatic heterocycles. The monoisotopic (exact) mass is 396 g/mol. The van der Waals surface area contributed by atoms with Crippen LogP contribution in [0.15, 0.2) is 39.2 Å². The van der Waals surface area contributed by atoms with Crippen LogP contribution in [0.4, 0.5) is 0 Å². The van der Waals surface area contributed by atoms with E-state index < -0.39 is 0 Å². The summed E-state index contributed by atoms with van der Waals surface area (Å²) in [5, 5.41) is 4.23. The molecule has 0 bridgehead atoms. The van der Waals surface area contributed by atoms with E-state index in [-0.39, 0.29) is 5.91 Å². The summed E-state index contributed by atoms with van der Waals surface area (Å²) in [6.07, 6.45) is 0.721. The van der Waals surface area contributed by atoms with E-state index in [1.54, 1.807) is 36.6 Å². The molecule has 0 atom stereocenters. The summed E-state index contributed by atoms with van der Waals surface area (Å²) in [5.74, 6) is 0.778. The van der Waals surface area contributed by atoms with Crippen LogP contribution >= 0.6 is 27.3 Å². The average molecular weight is 397 g/mol. The third-order valence-electron chi connectivity index (χ3n) is 3.13. The Bertz CT molecular complexity index is 728. The van der Waals surface area contributed by atoms with Crippen LogP contribution in [0.5, 0.6) is 11.5 Å². The number of nitrogens with one attached hydrogen (secondary N) is 1. The zero-order valence-corrected chi connectivity index (χ0v) is 15.5. The first-order chi connectivity index (χ1) is 11.1. The molecule has 0 saturated carbocycles. The van der Waals surface area contributed by atoms with Gasteiger partial charge in [0.15, 0.2) is 11.5 Å². The van der Waals surface area contributed by atoms with E-state index in [1.807, 2.05) is 19.1 Å². The Kier molecular flexibility index (Phi) is 6.18. The van der Waals surface area contributed by atoms with Crippen LogP contribution < -0.4 is 14.9 Å². The zero-order valence-electron chi connectivity index (χ0n) is 13.1. The minimum atomic E-state index is -0.299. The van der Waals surface area contributed by atoms with E-state index in [1.165, 1.54) is 7.11 Å². The van der Waals surface area contributed by atoms with Gasteiger partial charge in [-0.1, -0.05) is 6.92 Å². The highest BCUT2D eigenvalue weighted by molar-refractivity contribution is 9.11. The fourth-order valence-electron chi connectivity index (χ4n) is 1.94. The molecule has 7 heteroatoms. The lowest BCUT2D eigenvalue weighted by atomic mass is 10.2. The second-order valence-electron chi connectivity index (χ2n) is 4.53. The molecule has 0 radical (unpaired) electrons. The van der Waals surface area contributed by atoms with E-state index in [2.05, 4.69) is 26.5 Å². The molecule has 0 fully saturated rings. The largest absolute Gasteiger partial charge is 0.493 e. The SMILES string of the molecule is CC/C(=N\NC(=O)c1ccc(OC)c(OC)c1)c1ccc(Br)s1. The van der Waals surface area contributed by atoms with Gasteiger partial charge in [-0.2, -0.15) is 5.10 Å². The Morgan fingerprint density at radius 2 is 1.96 bits per heavy atom. The highest BCUT2D eigenvalue weighted by atomic mass is 79.9. The summed E-state index contributed by atoms with van der Waals surface area (Å²) in [7, 11) is 3.08. The second kappa shape index (κ2) is 8.12. The van der Waals surface area contributed by atoms with Crippen molar-refractivity contribution < 1.29 is 14.3 Å².